The third-order valence-electron chi connectivity index (χ3n) is 3.93. The molecule has 0 saturated carbocycles. The van der Waals surface area contributed by atoms with Gasteiger partial charge in [0, 0.05) is 38.3 Å². The molecule has 1 saturated heterocycles. The lowest BCUT2D eigenvalue weighted by Crippen LogP contribution is -2.53. The van der Waals surface area contributed by atoms with E-state index in [0.29, 0.717) is 24.6 Å². The fourth-order valence-corrected chi connectivity index (χ4v) is 4.03. The zero-order chi connectivity index (χ0) is 18.6. The maximum absolute atomic E-state index is 12.8. The van der Waals surface area contributed by atoms with E-state index < -0.39 is 10.0 Å². The Morgan fingerprint density at radius 1 is 1.08 bits per heavy atom. The third kappa shape index (κ3) is 4.35. The van der Waals surface area contributed by atoms with Gasteiger partial charge in [0.1, 0.15) is 0 Å². The lowest BCUT2D eigenvalue weighted by molar-refractivity contribution is 0.170. The van der Waals surface area contributed by atoms with Gasteiger partial charge in [-0.25, -0.2) is 13.2 Å². The van der Waals surface area contributed by atoms with Crippen molar-refractivity contribution >= 4 is 16.1 Å². The Morgan fingerprint density at radius 2 is 1.68 bits per heavy atom. The van der Waals surface area contributed by atoms with Crippen LogP contribution in [0.2, 0.25) is 0 Å². The molecular formula is C16H25N3O5S. The Morgan fingerprint density at radius 3 is 2.20 bits per heavy atom. The van der Waals surface area contributed by atoms with Crippen LogP contribution in [0.3, 0.4) is 0 Å². The van der Waals surface area contributed by atoms with E-state index >= 15 is 0 Å². The number of ether oxygens (including phenoxy) is 2. The largest absolute Gasteiger partial charge is 0.493 e. The molecule has 140 valence electrons. The van der Waals surface area contributed by atoms with Crippen molar-refractivity contribution in [3.8, 4) is 11.5 Å². The molecule has 1 heterocycles. The fourth-order valence-electron chi connectivity index (χ4n) is 2.60. The van der Waals surface area contributed by atoms with Crippen LogP contribution in [-0.4, -0.2) is 70.1 Å². The van der Waals surface area contributed by atoms with Gasteiger partial charge in [0.25, 0.3) is 0 Å². The van der Waals surface area contributed by atoms with Gasteiger partial charge in [-0.05, 0) is 26.0 Å². The van der Waals surface area contributed by atoms with Gasteiger partial charge < -0.3 is 19.7 Å². The van der Waals surface area contributed by atoms with Crippen LogP contribution in [0.25, 0.3) is 0 Å². The van der Waals surface area contributed by atoms with Crippen molar-refractivity contribution < 1.29 is 22.7 Å². The Kier molecular flexibility index (Phi) is 6.12. The highest BCUT2D eigenvalue weighted by molar-refractivity contribution is 7.89. The highest BCUT2D eigenvalue weighted by atomic mass is 32.2. The quantitative estimate of drug-likeness (QED) is 0.838. The Hall–Kier alpha value is -2.00. The van der Waals surface area contributed by atoms with E-state index in [0.717, 1.165) is 0 Å². The molecule has 0 aliphatic carbocycles. The second-order valence-electron chi connectivity index (χ2n) is 6.01. The molecule has 0 spiro atoms. The van der Waals surface area contributed by atoms with Crippen LogP contribution >= 0.6 is 0 Å². The molecule has 1 fully saturated rings. The Balaban J connectivity index is 2.10. The number of rotatable bonds is 5. The molecule has 0 aromatic heterocycles. The minimum absolute atomic E-state index is 0.0426. The molecule has 0 radical (unpaired) electrons. The van der Waals surface area contributed by atoms with Gasteiger partial charge in [0.15, 0.2) is 11.5 Å². The summed E-state index contributed by atoms with van der Waals surface area (Å²) >= 11 is 0. The number of methoxy groups -OCH3 is 2. The number of urea groups is 1. The van der Waals surface area contributed by atoms with E-state index in [1.807, 2.05) is 13.8 Å². The van der Waals surface area contributed by atoms with Crippen molar-refractivity contribution in [3.05, 3.63) is 18.2 Å². The van der Waals surface area contributed by atoms with Crippen LogP contribution in [-0.2, 0) is 10.0 Å². The maximum atomic E-state index is 12.8. The number of amides is 2. The molecular weight excluding hydrogens is 346 g/mol. The topological polar surface area (TPSA) is 88.2 Å². The second kappa shape index (κ2) is 7.92. The number of hydrogen-bond acceptors (Lipinski definition) is 5. The SMILES string of the molecule is COc1ccc(S(=O)(=O)N2CCN(C(=O)NC(C)C)CC2)cc1OC. The lowest BCUT2D eigenvalue weighted by atomic mass is 10.3. The molecule has 0 unspecified atom stereocenters. The van der Waals surface area contributed by atoms with Crippen molar-refractivity contribution in [1.82, 2.24) is 14.5 Å². The summed E-state index contributed by atoms with van der Waals surface area (Å²) in [6.45, 7) is 4.98. The molecule has 1 aliphatic rings. The van der Waals surface area contributed by atoms with Gasteiger partial charge in [0.2, 0.25) is 10.0 Å². The molecule has 1 N–H and O–H groups in total. The molecule has 25 heavy (non-hydrogen) atoms. The number of carbonyl (C=O) groups is 1. The molecule has 0 atom stereocenters. The minimum Gasteiger partial charge on any atom is -0.493 e. The molecule has 2 rings (SSSR count). The lowest BCUT2D eigenvalue weighted by Gasteiger charge is -2.34. The predicted octanol–water partition coefficient (Wildman–Crippen LogP) is 1.13. The smallest absolute Gasteiger partial charge is 0.317 e. The van der Waals surface area contributed by atoms with Crippen LogP contribution in [0.1, 0.15) is 13.8 Å². The van der Waals surface area contributed by atoms with E-state index in [-0.39, 0.29) is 30.1 Å². The van der Waals surface area contributed by atoms with Crippen molar-refractivity contribution in [2.75, 3.05) is 40.4 Å². The van der Waals surface area contributed by atoms with Crippen LogP contribution in [0, 0.1) is 0 Å². The predicted molar refractivity (Wildman–Crippen MR) is 93.5 cm³/mol. The van der Waals surface area contributed by atoms with Crippen molar-refractivity contribution in [2.24, 2.45) is 0 Å². The normalized spacial score (nSPS) is 16.0. The average Bonchev–Trinajstić information content (AvgIpc) is 2.60. The van der Waals surface area contributed by atoms with Crippen molar-refractivity contribution in [2.45, 2.75) is 24.8 Å². The van der Waals surface area contributed by atoms with Gasteiger partial charge in [-0.15, -0.1) is 0 Å². The highest BCUT2D eigenvalue weighted by Crippen LogP contribution is 2.30. The number of carbonyl (C=O) groups excluding carboxylic acids is 1. The molecule has 9 heteroatoms. The first-order valence-corrected chi connectivity index (χ1v) is 9.51. The third-order valence-corrected chi connectivity index (χ3v) is 5.83. The highest BCUT2D eigenvalue weighted by Gasteiger charge is 2.30. The summed E-state index contributed by atoms with van der Waals surface area (Å²) in [5, 5.41) is 2.81. The molecule has 1 aliphatic heterocycles. The number of nitrogens with one attached hydrogen (secondary N) is 1. The van der Waals surface area contributed by atoms with E-state index in [9.17, 15) is 13.2 Å². The summed E-state index contributed by atoms with van der Waals surface area (Å²) in [4.78, 5) is 13.8. The summed E-state index contributed by atoms with van der Waals surface area (Å²) in [5.41, 5.74) is 0. The molecule has 2 amide bonds. The number of sulfonamides is 1. The zero-order valence-corrected chi connectivity index (χ0v) is 15.8. The monoisotopic (exact) mass is 371 g/mol. The first-order chi connectivity index (χ1) is 11.8. The first kappa shape index (κ1) is 19.3. The number of hydrogen-bond donors (Lipinski definition) is 1. The van der Waals surface area contributed by atoms with E-state index in [2.05, 4.69) is 5.32 Å². The summed E-state index contributed by atoms with van der Waals surface area (Å²) < 4.78 is 37.3. The van der Waals surface area contributed by atoms with Gasteiger partial charge >= 0.3 is 6.03 Å². The van der Waals surface area contributed by atoms with E-state index in [4.69, 9.17) is 9.47 Å². The molecule has 1 aromatic rings. The first-order valence-electron chi connectivity index (χ1n) is 8.07. The number of nitrogens with zero attached hydrogens (tertiary/aromatic N) is 2. The standard InChI is InChI=1S/C16H25N3O5S/c1-12(2)17-16(20)18-7-9-19(10-8-18)25(21,22)13-5-6-14(23-3)15(11-13)24-4/h5-6,11-12H,7-10H2,1-4H3,(H,17,20). The average molecular weight is 371 g/mol. The van der Waals surface area contributed by atoms with E-state index in [1.54, 1.807) is 11.0 Å². The van der Waals surface area contributed by atoms with Crippen LogP contribution in [0.15, 0.2) is 23.1 Å². The number of piperazine rings is 1. The second-order valence-corrected chi connectivity index (χ2v) is 7.95. The maximum Gasteiger partial charge on any atom is 0.317 e. The fraction of sp³-hybridized carbons (Fsp3) is 0.562. The summed E-state index contributed by atoms with van der Waals surface area (Å²) in [5.74, 6) is 0.829. The Labute approximate surface area is 148 Å². The molecule has 1 aromatic carbocycles. The van der Waals surface area contributed by atoms with Gasteiger partial charge in [-0.2, -0.15) is 4.31 Å². The van der Waals surface area contributed by atoms with Gasteiger partial charge in [0.05, 0.1) is 19.1 Å². The Bertz CT molecular complexity index is 712. The number of benzene rings is 1. The van der Waals surface area contributed by atoms with Crippen molar-refractivity contribution in [3.63, 3.8) is 0 Å². The van der Waals surface area contributed by atoms with Crippen LogP contribution < -0.4 is 14.8 Å². The minimum atomic E-state index is -3.65. The molecule has 8 nitrogen and oxygen atoms in total. The summed E-state index contributed by atoms with van der Waals surface area (Å²) in [7, 11) is -0.700. The van der Waals surface area contributed by atoms with Crippen molar-refractivity contribution in [1.29, 1.82) is 0 Å². The van der Waals surface area contributed by atoms with E-state index in [1.165, 1.54) is 30.7 Å². The van der Waals surface area contributed by atoms with Crippen LogP contribution in [0.5, 0.6) is 11.5 Å². The van der Waals surface area contributed by atoms with Crippen LogP contribution in [0.4, 0.5) is 4.79 Å². The zero-order valence-electron chi connectivity index (χ0n) is 15.0. The summed E-state index contributed by atoms with van der Waals surface area (Å²) in [6, 6.07) is 4.39. The van der Waals surface area contributed by atoms with Gasteiger partial charge in [-0.3, -0.25) is 0 Å². The summed E-state index contributed by atoms with van der Waals surface area (Å²) in [6.07, 6.45) is 0. The molecule has 0 bridgehead atoms. The van der Waals surface area contributed by atoms with Gasteiger partial charge in [-0.1, -0.05) is 0 Å².